The summed E-state index contributed by atoms with van der Waals surface area (Å²) in [6, 6.07) is 8.02. The normalized spacial score (nSPS) is 12.3. The van der Waals surface area contributed by atoms with E-state index in [4.69, 9.17) is 4.74 Å². The van der Waals surface area contributed by atoms with E-state index in [1.54, 1.807) is 0 Å². The highest BCUT2D eigenvalue weighted by molar-refractivity contribution is 5.77. The van der Waals surface area contributed by atoms with Gasteiger partial charge in [0, 0.05) is 12.5 Å². The molecule has 0 saturated heterocycles. The van der Waals surface area contributed by atoms with Gasteiger partial charge < -0.3 is 15.0 Å². The molecule has 0 amide bonds. The second-order valence-electron chi connectivity index (χ2n) is 4.49. The summed E-state index contributed by atoms with van der Waals surface area (Å²) in [6.07, 6.45) is 1.14. The zero-order valence-electron chi connectivity index (χ0n) is 11.3. The maximum absolute atomic E-state index is 11.3. The van der Waals surface area contributed by atoms with Gasteiger partial charge in [-0.2, -0.15) is 0 Å². The average molecular weight is 261 g/mol. The zero-order chi connectivity index (χ0) is 13.7. The van der Waals surface area contributed by atoms with Crippen LogP contribution in [0.25, 0.3) is 11.0 Å². The number of hydrogen-bond acceptors (Lipinski definition) is 4. The number of nitrogens with one attached hydrogen (secondary N) is 2. The van der Waals surface area contributed by atoms with Crippen LogP contribution in [0.1, 0.15) is 26.7 Å². The third kappa shape index (κ3) is 3.71. The molecule has 0 aliphatic heterocycles. The molecule has 1 aromatic heterocycles. The van der Waals surface area contributed by atoms with Gasteiger partial charge in [-0.25, -0.2) is 4.98 Å². The summed E-state index contributed by atoms with van der Waals surface area (Å²) >= 11 is 0. The molecule has 2 N–H and O–H groups in total. The monoisotopic (exact) mass is 261 g/mol. The fourth-order valence-electron chi connectivity index (χ4n) is 1.89. The van der Waals surface area contributed by atoms with E-state index in [-0.39, 0.29) is 12.0 Å². The Labute approximate surface area is 112 Å². The van der Waals surface area contributed by atoms with Gasteiger partial charge >= 0.3 is 5.97 Å². The number of aromatic nitrogens is 2. The Morgan fingerprint density at radius 3 is 3.00 bits per heavy atom. The maximum Gasteiger partial charge on any atom is 0.305 e. The lowest BCUT2D eigenvalue weighted by Crippen LogP contribution is -2.18. The van der Waals surface area contributed by atoms with E-state index in [9.17, 15) is 4.79 Å². The molecule has 1 atom stereocenters. The van der Waals surface area contributed by atoms with Gasteiger partial charge in [-0.3, -0.25) is 4.79 Å². The molecule has 0 spiro atoms. The number of carbonyl (C=O) groups is 1. The second-order valence-corrected chi connectivity index (χ2v) is 4.49. The van der Waals surface area contributed by atoms with E-state index >= 15 is 0 Å². The van der Waals surface area contributed by atoms with Crippen molar-refractivity contribution in [2.24, 2.45) is 0 Å². The summed E-state index contributed by atoms with van der Waals surface area (Å²) in [5.41, 5.74) is 1.94. The number of para-hydroxylation sites is 2. The van der Waals surface area contributed by atoms with Gasteiger partial charge in [-0.1, -0.05) is 12.1 Å². The molecule has 102 valence electrons. The second kappa shape index (κ2) is 6.22. The van der Waals surface area contributed by atoms with Gasteiger partial charge in [0.25, 0.3) is 0 Å². The molecule has 0 bridgehead atoms. The Kier molecular flexibility index (Phi) is 4.39. The van der Waals surface area contributed by atoms with Crippen LogP contribution in [-0.4, -0.2) is 28.6 Å². The largest absolute Gasteiger partial charge is 0.466 e. The van der Waals surface area contributed by atoms with Crippen LogP contribution in [0.4, 0.5) is 5.95 Å². The Morgan fingerprint density at radius 2 is 2.26 bits per heavy atom. The Morgan fingerprint density at radius 1 is 1.47 bits per heavy atom. The minimum Gasteiger partial charge on any atom is -0.466 e. The molecule has 1 heterocycles. The molecule has 0 radical (unpaired) electrons. The Balaban J connectivity index is 1.88. The van der Waals surface area contributed by atoms with Crippen molar-refractivity contribution in [3.8, 4) is 0 Å². The molecule has 0 aliphatic rings. The molecule has 0 aliphatic carbocycles. The first-order valence-corrected chi connectivity index (χ1v) is 6.56. The van der Waals surface area contributed by atoms with E-state index in [0.717, 1.165) is 23.4 Å². The van der Waals surface area contributed by atoms with Crippen molar-refractivity contribution >= 4 is 23.0 Å². The quantitative estimate of drug-likeness (QED) is 0.785. The van der Waals surface area contributed by atoms with Crippen LogP contribution in [0.2, 0.25) is 0 Å². The summed E-state index contributed by atoms with van der Waals surface area (Å²) < 4.78 is 4.90. The first kappa shape index (κ1) is 13.4. The number of carbonyl (C=O) groups excluding carboxylic acids is 1. The average Bonchev–Trinajstić information content (AvgIpc) is 2.78. The number of anilines is 1. The van der Waals surface area contributed by atoms with E-state index in [2.05, 4.69) is 15.3 Å². The number of H-pyrrole nitrogens is 1. The van der Waals surface area contributed by atoms with Gasteiger partial charge in [-0.15, -0.1) is 0 Å². The number of hydrogen-bond donors (Lipinski definition) is 2. The lowest BCUT2D eigenvalue weighted by Gasteiger charge is -2.12. The maximum atomic E-state index is 11.3. The fourth-order valence-corrected chi connectivity index (χ4v) is 1.89. The van der Waals surface area contributed by atoms with Crippen molar-refractivity contribution in [1.29, 1.82) is 0 Å². The number of fused-ring (bicyclic) bond motifs is 1. The molecule has 1 unspecified atom stereocenters. The molecular weight excluding hydrogens is 242 g/mol. The minimum absolute atomic E-state index is 0.152. The van der Waals surface area contributed by atoms with E-state index < -0.39 is 0 Å². The number of ether oxygens (including phenoxy) is 1. The van der Waals surface area contributed by atoms with Crippen molar-refractivity contribution in [2.45, 2.75) is 32.7 Å². The Bertz CT molecular complexity index is 517. The standard InChI is InChI=1S/C14H19N3O2/c1-3-19-13(18)9-8-10(2)15-14-16-11-6-4-5-7-12(11)17-14/h4-7,10H,3,8-9H2,1-2H3,(H2,15,16,17). The van der Waals surface area contributed by atoms with E-state index in [1.807, 2.05) is 38.1 Å². The van der Waals surface area contributed by atoms with Crippen LogP contribution < -0.4 is 5.32 Å². The highest BCUT2D eigenvalue weighted by Gasteiger charge is 2.09. The summed E-state index contributed by atoms with van der Waals surface area (Å²) in [7, 11) is 0. The lowest BCUT2D eigenvalue weighted by molar-refractivity contribution is -0.143. The number of benzene rings is 1. The molecule has 1 aromatic carbocycles. The lowest BCUT2D eigenvalue weighted by atomic mass is 10.2. The van der Waals surface area contributed by atoms with Crippen LogP contribution >= 0.6 is 0 Å². The molecule has 2 aromatic rings. The summed E-state index contributed by atoms with van der Waals surface area (Å²) in [4.78, 5) is 18.9. The third-order valence-corrected chi connectivity index (χ3v) is 2.86. The van der Waals surface area contributed by atoms with Crippen molar-refractivity contribution in [3.63, 3.8) is 0 Å². The summed E-state index contributed by atoms with van der Waals surface area (Å²) in [5.74, 6) is 0.582. The van der Waals surface area contributed by atoms with Crippen LogP contribution in [0, 0.1) is 0 Å². The van der Waals surface area contributed by atoms with E-state index in [0.29, 0.717) is 13.0 Å². The zero-order valence-corrected chi connectivity index (χ0v) is 11.3. The third-order valence-electron chi connectivity index (χ3n) is 2.86. The van der Waals surface area contributed by atoms with Crippen LogP contribution in [-0.2, 0) is 9.53 Å². The van der Waals surface area contributed by atoms with Crippen molar-refractivity contribution in [2.75, 3.05) is 11.9 Å². The molecule has 0 saturated carbocycles. The molecule has 5 heteroatoms. The van der Waals surface area contributed by atoms with Crippen molar-refractivity contribution < 1.29 is 9.53 Å². The number of nitrogens with zero attached hydrogens (tertiary/aromatic N) is 1. The topological polar surface area (TPSA) is 67.0 Å². The first-order chi connectivity index (χ1) is 9.19. The van der Waals surface area contributed by atoms with Crippen LogP contribution in [0.3, 0.4) is 0 Å². The van der Waals surface area contributed by atoms with E-state index in [1.165, 1.54) is 0 Å². The minimum atomic E-state index is -0.152. The number of esters is 1. The predicted molar refractivity (Wildman–Crippen MR) is 75.0 cm³/mol. The molecule has 19 heavy (non-hydrogen) atoms. The Hall–Kier alpha value is -2.04. The fraction of sp³-hybridized carbons (Fsp3) is 0.429. The smallest absolute Gasteiger partial charge is 0.305 e. The van der Waals surface area contributed by atoms with Gasteiger partial charge in [0.2, 0.25) is 5.95 Å². The van der Waals surface area contributed by atoms with Gasteiger partial charge in [-0.05, 0) is 32.4 Å². The highest BCUT2D eigenvalue weighted by atomic mass is 16.5. The summed E-state index contributed by atoms with van der Waals surface area (Å²) in [5, 5.41) is 3.25. The first-order valence-electron chi connectivity index (χ1n) is 6.56. The van der Waals surface area contributed by atoms with Gasteiger partial charge in [0.15, 0.2) is 0 Å². The van der Waals surface area contributed by atoms with Crippen LogP contribution in [0.15, 0.2) is 24.3 Å². The number of aromatic amines is 1. The highest BCUT2D eigenvalue weighted by Crippen LogP contribution is 2.14. The summed E-state index contributed by atoms with van der Waals surface area (Å²) in [6.45, 7) is 4.27. The van der Waals surface area contributed by atoms with Gasteiger partial charge in [0.05, 0.1) is 17.6 Å². The number of imidazole rings is 1. The predicted octanol–water partition coefficient (Wildman–Crippen LogP) is 2.71. The molecule has 0 fully saturated rings. The van der Waals surface area contributed by atoms with Crippen molar-refractivity contribution in [1.82, 2.24) is 9.97 Å². The SMILES string of the molecule is CCOC(=O)CCC(C)Nc1nc2ccccc2[nH]1. The number of rotatable bonds is 6. The molecule has 2 rings (SSSR count). The molecular formula is C14H19N3O2. The van der Waals surface area contributed by atoms with Crippen molar-refractivity contribution in [3.05, 3.63) is 24.3 Å². The van der Waals surface area contributed by atoms with Gasteiger partial charge in [0.1, 0.15) is 0 Å². The van der Waals surface area contributed by atoms with Crippen LogP contribution in [0.5, 0.6) is 0 Å². The molecule has 5 nitrogen and oxygen atoms in total.